The van der Waals surface area contributed by atoms with Gasteiger partial charge in [-0.2, -0.15) is 13.5 Å². The maximum atomic E-state index is 12.8. The smallest absolute Gasteiger partial charge is 0.289 e. The number of ether oxygens (including phenoxy) is 1. The van der Waals surface area contributed by atoms with Crippen LogP contribution in [0.4, 0.5) is 17.2 Å². The minimum absolute atomic E-state index is 0.0997. The Morgan fingerprint density at radius 1 is 1.14 bits per heavy atom. The monoisotopic (exact) mass is 535 g/mol. The van der Waals surface area contributed by atoms with Gasteiger partial charge in [-0.1, -0.05) is 11.6 Å². The summed E-state index contributed by atoms with van der Waals surface area (Å²) in [6, 6.07) is 10.2. The summed E-state index contributed by atoms with van der Waals surface area (Å²) >= 11 is 5.80. The fourth-order valence-corrected chi connectivity index (χ4v) is 3.12. The summed E-state index contributed by atoms with van der Waals surface area (Å²) in [5, 5.41) is 17.7. The third-order valence-corrected chi connectivity index (χ3v) is 4.72. The van der Waals surface area contributed by atoms with Crippen LogP contribution in [0.1, 0.15) is 20.8 Å². The molecule has 1 aliphatic rings. The third kappa shape index (κ3) is 7.49. The maximum absolute atomic E-state index is 12.8. The average molecular weight is 536 g/mol. The molecule has 3 heterocycles. The molecule has 0 saturated carbocycles. The highest BCUT2D eigenvalue weighted by Crippen LogP contribution is 2.22. The maximum Gasteiger partial charge on any atom is 0.289 e. The van der Waals surface area contributed by atoms with Gasteiger partial charge < -0.3 is 15.4 Å². The number of aromatic nitrogens is 3. The molecule has 0 radical (unpaired) electrons. The molecular weight excluding hydrogens is 514 g/mol. The standard InChI is InChI=1S/C20H18ClN7O3.CH4O3S/c1-27-11-15(17(26-27)25-19(30)16-7-2-12(21)10-23-16)18(29)24-13-3-5-14(6-4-13)28-8-9-31-20(28)22;1-5(2,3)4/h2-7,10-11,22H,8-9H2,1H3,(H,24,29)(H,25,26,30);1H3,(H,2,3,4). The van der Waals surface area contributed by atoms with Gasteiger partial charge in [0.05, 0.1) is 17.8 Å². The molecule has 0 bridgehead atoms. The number of halogens is 1. The molecule has 1 saturated heterocycles. The van der Waals surface area contributed by atoms with Crippen molar-refractivity contribution in [2.75, 3.05) is 34.9 Å². The molecule has 2 aromatic heterocycles. The van der Waals surface area contributed by atoms with E-state index in [2.05, 4.69) is 20.7 Å². The topological polar surface area (TPSA) is 180 Å². The van der Waals surface area contributed by atoms with E-state index in [4.69, 9.17) is 26.3 Å². The lowest BCUT2D eigenvalue weighted by Gasteiger charge is -2.15. The van der Waals surface area contributed by atoms with E-state index < -0.39 is 21.9 Å². The van der Waals surface area contributed by atoms with E-state index in [9.17, 15) is 18.0 Å². The number of benzene rings is 1. The first kappa shape index (κ1) is 26.6. The van der Waals surface area contributed by atoms with Gasteiger partial charge in [0.2, 0.25) is 0 Å². The van der Waals surface area contributed by atoms with Gasteiger partial charge in [0.25, 0.3) is 28.0 Å². The van der Waals surface area contributed by atoms with Crippen LogP contribution in [-0.2, 0) is 21.9 Å². The number of nitrogens with one attached hydrogen (secondary N) is 3. The lowest BCUT2D eigenvalue weighted by Crippen LogP contribution is -2.23. The average Bonchev–Trinajstić information content (AvgIpc) is 3.38. The van der Waals surface area contributed by atoms with Gasteiger partial charge in [-0.05, 0) is 36.4 Å². The number of nitrogens with zero attached hydrogens (tertiary/aromatic N) is 4. The second-order valence-corrected chi connectivity index (χ2v) is 9.32. The highest BCUT2D eigenvalue weighted by atomic mass is 35.5. The number of hydrogen-bond donors (Lipinski definition) is 4. The summed E-state index contributed by atoms with van der Waals surface area (Å²) in [7, 11) is -2.02. The number of aryl methyl sites for hydroxylation is 1. The van der Waals surface area contributed by atoms with Gasteiger partial charge in [-0.15, -0.1) is 0 Å². The van der Waals surface area contributed by atoms with Crippen LogP contribution in [0.2, 0.25) is 5.02 Å². The van der Waals surface area contributed by atoms with E-state index in [1.54, 1.807) is 42.3 Å². The Labute approximate surface area is 211 Å². The van der Waals surface area contributed by atoms with Crippen molar-refractivity contribution >= 4 is 56.7 Å². The molecule has 1 fully saturated rings. The van der Waals surface area contributed by atoms with E-state index in [1.165, 1.54) is 23.1 Å². The Bertz CT molecular complexity index is 1370. The largest absolute Gasteiger partial charge is 0.463 e. The Morgan fingerprint density at radius 2 is 1.81 bits per heavy atom. The first-order valence-electron chi connectivity index (χ1n) is 10.2. The van der Waals surface area contributed by atoms with Crippen molar-refractivity contribution in [1.29, 1.82) is 5.41 Å². The molecule has 13 nitrogen and oxygen atoms in total. The number of anilines is 3. The lowest BCUT2D eigenvalue weighted by atomic mass is 10.2. The lowest BCUT2D eigenvalue weighted by molar-refractivity contribution is 0.102. The zero-order chi connectivity index (χ0) is 26.5. The number of amidine groups is 1. The van der Waals surface area contributed by atoms with Crippen LogP contribution < -0.4 is 15.5 Å². The Balaban J connectivity index is 0.000000658. The second-order valence-electron chi connectivity index (χ2n) is 7.42. The number of carbonyl (C=O) groups excluding carboxylic acids is 2. The molecule has 15 heteroatoms. The zero-order valence-corrected chi connectivity index (χ0v) is 20.7. The molecule has 2 amide bonds. The molecule has 4 rings (SSSR count). The molecule has 0 atom stereocenters. The highest BCUT2D eigenvalue weighted by molar-refractivity contribution is 7.85. The number of carbonyl (C=O) groups is 2. The number of pyridine rings is 1. The van der Waals surface area contributed by atoms with Gasteiger partial charge in [0.15, 0.2) is 5.82 Å². The molecular formula is C21H22ClN7O6S. The summed E-state index contributed by atoms with van der Waals surface area (Å²) in [6.07, 6.45) is 3.59. The molecule has 0 aliphatic carbocycles. The van der Waals surface area contributed by atoms with E-state index in [1.807, 2.05) is 0 Å². The molecule has 190 valence electrons. The summed E-state index contributed by atoms with van der Waals surface area (Å²) in [5.41, 5.74) is 1.70. The van der Waals surface area contributed by atoms with Crippen molar-refractivity contribution in [3.05, 3.63) is 65.1 Å². The number of hydrogen-bond acceptors (Lipinski definition) is 8. The number of rotatable bonds is 5. The third-order valence-electron chi connectivity index (χ3n) is 4.50. The van der Waals surface area contributed by atoms with E-state index in [0.29, 0.717) is 30.1 Å². The first-order chi connectivity index (χ1) is 16.9. The number of amides is 2. The van der Waals surface area contributed by atoms with Crippen molar-refractivity contribution < 1.29 is 27.3 Å². The second kappa shape index (κ2) is 11.2. The fourth-order valence-electron chi connectivity index (χ4n) is 3.01. The van der Waals surface area contributed by atoms with Crippen LogP contribution in [0.3, 0.4) is 0 Å². The first-order valence-corrected chi connectivity index (χ1v) is 12.4. The van der Waals surface area contributed by atoms with Crippen molar-refractivity contribution in [2.24, 2.45) is 7.05 Å². The van der Waals surface area contributed by atoms with Crippen LogP contribution in [0.25, 0.3) is 0 Å². The zero-order valence-electron chi connectivity index (χ0n) is 19.1. The van der Waals surface area contributed by atoms with Crippen molar-refractivity contribution in [2.45, 2.75) is 0 Å². The highest BCUT2D eigenvalue weighted by Gasteiger charge is 2.21. The van der Waals surface area contributed by atoms with Crippen LogP contribution in [0.15, 0.2) is 48.8 Å². The van der Waals surface area contributed by atoms with Gasteiger partial charge in [0, 0.05) is 30.8 Å². The van der Waals surface area contributed by atoms with Crippen molar-refractivity contribution in [3.63, 3.8) is 0 Å². The van der Waals surface area contributed by atoms with Crippen molar-refractivity contribution in [3.8, 4) is 0 Å². The molecule has 0 unspecified atom stereocenters. The SMILES string of the molecule is CS(=O)(=O)O.Cn1cc(C(=O)Nc2ccc(N3CCOC3=N)cc2)c(NC(=O)c2ccc(Cl)cn2)n1. The van der Waals surface area contributed by atoms with Gasteiger partial charge in [0.1, 0.15) is 17.9 Å². The van der Waals surface area contributed by atoms with E-state index in [0.717, 1.165) is 5.69 Å². The van der Waals surface area contributed by atoms with E-state index >= 15 is 0 Å². The Hall–Kier alpha value is -4.01. The predicted octanol–water partition coefficient (Wildman–Crippen LogP) is 2.25. The van der Waals surface area contributed by atoms with Crippen LogP contribution >= 0.6 is 11.6 Å². The summed E-state index contributed by atoms with van der Waals surface area (Å²) in [5.74, 6) is -0.831. The fraction of sp³-hybridized carbons (Fsp3) is 0.190. The van der Waals surface area contributed by atoms with Gasteiger partial charge in [-0.25, -0.2) is 4.98 Å². The molecule has 1 aromatic carbocycles. The van der Waals surface area contributed by atoms with Gasteiger partial charge >= 0.3 is 0 Å². The summed E-state index contributed by atoms with van der Waals surface area (Å²) < 4.78 is 32.4. The predicted molar refractivity (Wildman–Crippen MR) is 133 cm³/mol. The van der Waals surface area contributed by atoms with Crippen LogP contribution in [0.5, 0.6) is 0 Å². The molecule has 36 heavy (non-hydrogen) atoms. The minimum Gasteiger partial charge on any atom is -0.463 e. The Kier molecular flexibility index (Phi) is 8.24. The van der Waals surface area contributed by atoms with Crippen molar-refractivity contribution in [1.82, 2.24) is 14.8 Å². The molecule has 0 spiro atoms. The quantitative estimate of drug-likeness (QED) is 0.356. The minimum atomic E-state index is -3.67. The molecule has 4 N–H and O–H groups in total. The normalized spacial score (nSPS) is 12.9. The van der Waals surface area contributed by atoms with E-state index in [-0.39, 0.29) is 23.1 Å². The molecule has 1 aliphatic heterocycles. The van der Waals surface area contributed by atoms with Gasteiger partial charge in [-0.3, -0.25) is 29.1 Å². The van der Waals surface area contributed by atoms with Crippen LogP contribution in [0, 0.1) is 5.41 Å². The molecule has 3 aromatic rings. The summed E-state index contributed by atoms with van der Waals surface area (Å²) in [4.78, 5) is 30.9. The summed E-state index contributed by atoms with van der Waals surface area (Å²) in [6.45, 7) is 1.07. The Morgan fingerprint density at radius 3 is 2.36 bits per heavy atom. The van der Waals surface area contributed by atoms with Crippen LogP contribution in [-0.4, -0.2) is 65.0 Å².